The second-order valence-corrected chi connectivity index (χ2v) is 12.3. The number of ether oxygens (including phenoxy) is 3. The summed E-state index contributed by atoms with van der Waals surface area (Å²) in [6, 6.07) is 3.11. The van der Waals surface area contributed by atoms with Crippen LogP contribution in [-0.4, -0.2) is 92.4 Å². The van der Waals surface area contributed by atoms with Crippen LogP contribution in [0.2, 0.25) is 0 Å². The molecule has 0 aliphatic rings. The predicted octanol–water partition coefficient (Wildman–Crippen LogP) is 1.72. The molecule has 0 aromatic carbocycles. The van der Waals surface area contributed by atoms with Crippen molar-refractivity contribution in [3.05, 3.63) is 24.4 Å². The van der Waals surface area contributed by atoms with Gasteiger partial charge in [-0.2, -0.15) is 33.3 Å². The van der Waals surface area contributed by atoms with E-state index in [1.807, 2.05) is 6.92 Å². The molecular weight excluding hydrogens is 620 g/mol. The van der Waals surface area contributed by atoms with Crippen molar-refractivity contribution in [1.29, 1.82) is 0 Å². The number of hydrogen-bond acceptors (Lipinski definition) is 16. The van der Waals surface area contributed by atoms with Crippen LogP contribution in [0, 0.1) is 0 Å². The Kier molecular flexibility index (Phi) is 13.2. The smallest absolute Gasteiger partial charge is 0.335 e. The van der Waals surface area contributed by atoms with Gasteiger partial charge in [-0.1, -0.05) is 13.8 Å². The Morgan fingerprint density at radius 2 is 1.52 bits per heavy atom. The van der Waals surface area contributed by atoms with Crippen molar-refractivity contribution < 1.29 is 35.8 Å². The van der Waals surface area contributed by atoms with E-state index in [2.05, 4.69) is 59.7 Å². The molecule has 4 N–H and O–H groups in total. The van der Waals surface area contributed by atoms with Crippen LogP contribution in [0.15, 0.2) is 34.3 Å². The number of methoxy groups -OCH3 is 3. The molecule has 2 amide bonds. The Balaban J connectivity index is 0.000000358. The van der Waals surface area contributed by atoms with Crippen molar-refractivity contribution in [2.24, 2.45) is 0 Å². The summed E-state index contributed by atoms with van der Waals surface area (Å²) in [7, 11) is -4.31. The third-order valence-corrected chi connectivity index (χ3v) is 8.55. The summed E-state index contributed by atoms with van der Waals surface area (Å²) in [5, 5.41) is 7.52. The number of nitrogens with zero attached hydrogens (tertiary/aromatic N) is 6. The Labute approximate surface area is 255 Å². The predicted molar refractivity (Wildman–Crippen MR) is 160 cm³/mol. The topological polar surface area (TPSA) is 238 Å². The first-order valence-corrected chi connectivity index (χ1v) is 16.2. The number of carbonyl (C=O) groups is 1. The minimum atomic E-state index is -4.61. The van der Waals surface area contributed by atoms with Gasteiger partial charge < -0.3 is 24.8 Å². The van der Waals surface area contributed by atoms with Crippen molar-refractivity contribution in [3.63, 3.8) is 0 Å². The van der Waals surface area contributed by atoms with Crippen molar-refractivity contribution in [3.8, 4) is 17.8 Å². The van der Waals surface area contributed by atoms with E-state index in [-0.39, 0.29) is 23.5 Å². The number of aromatic nitrogens is 6. The van der Waals surface area contributed by atoms with Crippen LogP contribution in [0.1, 0.15) is 34.1 Å². The summed E-state index contributed by atoms with van der Waals surface area (Å²) in [6.07, 6.45) is 2.10. The second-order valence-electron chi connectivity index (χ2n) is 8.50. The zero-order chi connectivity index (χ0) is 32.9. The van der Waals surface area contributed by atoms with Crippen molar-refractivity contribution >= 4 is 43.7 Å². The number of sulfone groups is 1. The molecule has 44 heavy (non-hydrogen) atoms. The van der Waals surface area contributed by atoms with Gasteiger partial charge in [0.15, 0.2) is 14.9 Å². The number of anilines is 3. The number of rotatable bonds is 13. The molecule has 242 valence electrons. The van der Waals surface area contributed by atoms with E-state index in [0.29, 0.717) is 23.9 Å². The molecule has 1 atom stereocenters. The molecule has 0 saturated heterocycles. The third kappa shape index (κ3) is 10.3. The van der Waals surface area contributed by atoms with E-state index < -0.39 is 35.8 Å². The molecule has 3 rings (SSSR count). The van der Waals surface area contributed by atoms with E-state index >= 15 is 0 Å². The Morgan fingerprint density at radius 3 is 2.07 bits per heavy atom. The summed E-state index contributed by atoms with van der Waals surface area (Å²) < 4.78 is 65.7. The van der Waals surface area contributed by atoms with E-state index in [1.165, 1.54) is 40.4 Å². The van der Waals surface area contributed by atoms with E-state index in [1.54, 1.807) is 4.72 Å². The molecule has 1 unspecified atom stereocenters. The fraction of sp³-hybridized carbons (Fsp3) is 0.458. The molecule has 0 bridgehead atoms. The number of hydrogen-bond donors (Lipinski definition) is 4. The zero-order valence-corrected chi connectivity index (χ0v) is 26.9. The number of nitrogens with one attached hydrogen (secondary N) is 4. The maximum atomic E-state index is 12.5. The van der Waals surface area contributed by atoms with Gasteiger partial charge in [-0.05, 0) is 32.4 Å². The van der Waals surface area contributed by atoms with Gasteiger partial charge >= 0.3 is 12.0 Å². The highest BCUT2D eigenvalue weighted by Crippen LogP contribution is 2.20. The number of urea groups is 1. The average molecular weight is 657 g/mol. The van der Waals surface area contributed by atoms with Crippen molar-refractivity contribution in [1.82, 2.24) is 34.6 Å². The number of pyridine rings is 1. The van der Waals surface area contributed by atoms with Gasteiger partial charge in [0.05, 0.1) is 33.1 Å². The highest BCUT2D eigenvalue weighted by molar-refractivity contribution is 7.93. The Hall–Kier alpha value is -4.59. The molecule has 3 heterocycles. The molecule has 20 heteroatoms. The fourth-order valence-electron chi connectivity index (χ4n) is 3.01. The maximum Gasteiger partial charge on any atom is 0.335 e. The van der Waals surface area contributed by atoms with Crippen LogP contribution in [0.4, 0.5) is 22.6 Å². The van der Waals surface area contributed by atoms with E-state index in [0.717, 1.165) is 25.2 Å². The largest absolute Gasteiger partial charge is 0.481 e. The van der Waals surface area contributed by atoms with Crippen LogP contribution < -0.4 is 34.9 Å². The molecule has 3 aromatic rings. The molecule has 18 nitrogen and oxygen atoms in total. The first-order valence-electron chi connectivity index (χ1n) is 13.1. The fourth-order valence-corrected chi connectivity index (χ4v) is 5.56. The van der Waals surface area contributed by atoms with Gasteiger partial charge in [-0.3, -0.25) is 5.32 Å². The quantitative estimate of drug-likeness (QED) is 0.205. The van der Waals surface area contributed by atoms with Gasteiger partial charge in [0.25, 0.3) is 10.0 Å². The molecule has 3 aromatic heterocycles. The standard InChI is InChI=1S/C14H17N5O7S2.C10H19N5O/c1-4-27(21,22)9-6-5-7-15-12(9)28(23,24)19-14(20)18-13-16-10(25-2)8-11(17-13)26-3;1-5-7(3)12-9-13-8(11-6-2)14-10(15-9)16-4/h5-8H,4H2,1-3H3,(H2,16,17,18,19,20);7H,5-6H2,1-4H3,(H2,11,12,13,14,15). The first kappa shape index (κ1) is 35.6. The minimum absolute atomic E-state index is 0.0612. The summed E-state index contributed by atoms with van der Waals surface area (Å²) in [5.41, 5.74) is 0. The summed E-state index contributed by atoms with van der Waals surface area (Å²) in [5.74, 6) is 0.547. The van der Waals surface area contributed by atoms with Crippen LogP contribution >= 0.6 is 0 Å². The van der Waals surface area contributed by atoms with E-state index in [4.69, 9.17) is 14.2 Å². The molecule has 0 aliphatic heterocycles. The lowest BCUT2D eigenvalue weighted by Crippen LogP contribution is -2.36. The zero-order valence-electron chi connectivity index (χ0n) is 25.3. The highest BCUT2D eigenvalue weighted by atomic mass is 32.2. The minimum Gasteiger partial charge on any atom is -0.481 e. The SMILES string of the molecule is CCNc1nc(NC(C)CC)nc(OC)n1.CCS(=O)(=O)c1cccnc1S(=O)(=O)NC(=O)Nc1nc(OC)cc(OC)n1. The summed E-state index contributed by atoms with van der Waals surface area (Å²) in [4.78, 5) is 35.3. The molecule has 0 saturated carbocycles. The van der Waals surface area contributed by atoms with Crippen LogP contribution in [0.25, 0.3) is 0 Å². The van der Waals surface area contributed by atoms with Gasteiger partial charge in [-0.15, -0.1) is 0 Å². The summed E-state index contributed by atoms with van der Waals surface area (Å²) in [6.45, 7) is 8.27. The van der Waals surface area contributed by atoms with Crippen LogP contribution in [-0.2, 0) is 19.9 Å². The molecule has 0 fully saturated rings. The molecule has 0 radical (unpaired) electrons. The normalized spacial score (nSPS) is 11.7. The van der Waals surface area contributed by atoms with Crippen molar-refractivity contribution in [2.45, 2.75) is 50.1 Å². The van der Waals surface area contributed by atoms with Crippen LogP contribution in [0.5, 0.6) is 17.8 Å². The molecule has 0 aliphatic carbocycles. The lowest BCUT2D eigenvalue weighted by atomic mass is 10.3. The van der Waals surface area contributed by atoms with Crippen LogP contribution in [0.3, 0.4) is 0 Å². The lowest BCUT2D eigenvalue weighted by Gasteiger charge is -2.12. The summed E-state index contributed by atoms with van der Waals surface area (Å²) >= 11 is 0. The number of amides is 2. The van der Waals surface area contributed by atoms with E-state index in [9.17, 15) is 21.6 Å². The molecular formula is C24H36N10O8S2. The third-order valence-electron chi connectivity index (χ3n) is 5.38. The lowest BCUT2D eigenvalue weighted by molar-refractivity contribution is 0.256. The molecule has 0 spiro atoms. The first-order chi connectivity index (χ1) is 20.8. The average Bonchev–Trinajstić information content (AvgIpc) is 3.00. The Morgan fingerprint density at radius 1 is 0.886 bits per heavy atom. The Bertz CT molecular complexity index is 1600. The van der Waals surface area contributed by atoms with Gasteiger partial charge in [0.1, 0.15) is 4.90 Å². The highest BCUT2D eigenvalue weighted by Gasteiger charge is 2.28. The van der Waals surface area contributed by atoms with Gasteiger partial charge in [-0.25, -0.2) is 22.9 Å². The number of sulfonamides is 1. The maximum absolute atomic E-state index is 12.5. The van der Waals surface area contributed by atoms with Gasteiger partial charge in [0, 0.05) is 18.8 Å². The second kappa shape index (κ2) is 16.3. The monoisotopic (exact) mass is 656 g/mol. The number of carbonyl (C=O) groups excluding carboxylic acids is 1. The van der Waals surface area contributed by atoms with Crippen molar-refractivity contribution in [2.75, 3.05) is 49.6 Å². The van der Waals surface area contributed by atoms with Gasteiger partial charge in [0.2, 0.25) is 29.6 Å².